The molecular formula is C24H37N3O5. The summed E-state index contributed by atoms with van der Waals surface area (Å²) < 4.78 is 10.8. The van der Waals surface area contributed by atoms with Crippen molar-refractivity contribution in [2.45, 2.75) is 77.5 Å². The molecule has 1 aromatic carbocycles. The third-order valence-corrected chi connectivity index (χ3v) is 5.01. The van der Waals surface area contributed by atoms with Gasteiger partial charge < -0.3 is 20.1 Å². The van der Waals surface area contributed by atoms with Gasteiger partial charge in [0.1, 0.15) is 18.2 Å². The van der Waals surface area contributed by atoms with Crippen molar-refractivity contribution in [3.63, 3.8) is 0 Å². The maximum absolute atomic E-state index is 13.3. The van der Waals surface area contributed by atoms with Crippen LogP contribution in [0.3, 0.4) is 0 Å². The Balaban J connectivity index is 2.12. The first kappa shape index (κ1) is 25.6. The fraction of sp³-hybridized carbons (Fsp3) is 0.625. The molecule has 1 aromatic rings. The number of rotatable bonds is 3. The van der Waals surface area contributed by atoms with E-state index >= 15 is 0 Å². The molecular weight excluding hydrogens is 410 g/mol. The van der Waals surface area contributed by atoms with Crippen LogP contribution in [0.15, 0.2) is 30.3 Å². The molecule has 0 bridgehead atoms. The largest absolute Gasteiger partial charge is 0.444 e. The number of hydrogen-bond donors (Lipinski definition) is 2. The molecule has 1 aliphatic rings. The topological polar surface area (TPSA) is 97.0 Å². The highest BCUT2D eigenvalue weighted by Gasteiger charge is 2.32. The monoisotopic (exact) mass is 447 g/mol. The number of imide groups is 1. The predicted octanol–water partition coefficient (Wildman–Crippen LogP) is 3.99. The van der Waals surface area contributed by atoms with Crippen LogP contribution in [0.1, 0.15) is 64.9 Å². The van der Waals surface area contributed by atoms with Gasteiger partial charge in [0.05, 0.1) is 0 Å². The van der Waals surface area contributed by atoms with E-state index in [1.54, 1.807) is 20.8 Å². The van der Waals surface area contributed by atoms with E-state index in [9.17, 15) is 14.4 Å². The van der Waals surface area contributed by atoms with Gasteiger partial charge in [0.15, 0.2) is 0 Å². The van der Waals surface area contributed by atoms with Gasteiger partial charge in [-0.3, -0.25) is 4.79 Å². The normalized spacial score (nSPS) is 19.2. The molecule has 1 fully saturated rings. The maximum Gasteiger partial charge on any atom is 0.416 e. The summed E-state index contributed by atoms with van der Waals surface area (Å²) in [6.07, 6.45) is 3.19. The fourth-order valence-corrected chi connectivity index (χ4v) is 3.40. The Kier molecular flexibility index (Phi) is 10.5. The molecule has 8 nitrogen and oxygen atoms in total. The number of alkyl carbamates (subject to hydrolysis) is 1. The van der Waals surface area contributed by atoms with Crippen molar-refractivity contribution in [2.75, 3.05) is 19.6 Å². The number of amides is 3. The van der Waals surface area contributed by atoms with Crippen molar-refractivity contribution in [1.29, 1.82) is 0 Å². The summed E-state index contributed by atoms with van der Waals surface area (Å²) in [5.74, 6) is -0.457. The minimum absolute atomic E-state index is 0.0809. The van der Waals surface area contributed by atoms with Crippen LogP contribution < -0.4 is 10.6 Å². The lowest BCUT2D eigenvalue weighted by molar-refractivity contribution is -0.132. The summed E-state index contributed by atoms with van der Waals surface area (Å²) in [5, 5.41) is 6.06. The van der Waals surface area contributed by atoms with Gasteiger partial charge >= 0.3 is 12.2 Å². The summed E-state index contributed by atoms with van der Waals surface area (Å²) in [4.78, 5) is 39.7. The fourth-order valence-electron chi connectivity index (χ4n) is 3.40. The van der Waals surface area contributed by atoms with E-state index in [2.05, 4.69) is 10.6 Å². The standard InChI is InChI=1S/C24H37N3O5/c1-24(2,3)32-22(29)26-20-14-8-10-16-25-15-9-5-11-17-27(21(20)28)23(30)31-18-19-12-6-4-7-13-19/h4,6-7,12-13,20,25H,5,8-11,14-18H2,1-3H3,(H,26,29)/t20-/m0/s1. The highest BCUT2D eigenvalue weighted by molar-refractivity contribution is 5.96. The van der Waals surface area contributed by atoms with Crippen LogP contribution in [0, 0.1) is 0 Å². The number of nitrogens with zero attached hydrogens (tertiary/aromatic N) is 1. The van der Waals surface area contributed by atoms with Gasteiger partial charge in [-0.05, 0) is 71.5 Å². The Morgan fingerprint density at radius 3 is 2.44 bits per heavy atom. The Hall–Kier alpha value is -2.61. The number of ether oxygens (including phenoxy) is 2. The lowest BCUT2D eigenvalue weighted by Crippen LogP contribution is -2.51. The van der Waals surface area contributed by atoms with E-state index in [0.717, 1.165) is 49.2 Å². The van der Waals surface area contributed by atoms with E-state index in [4.69, 9.17) is 9.47 Å². The van der Waals surface area contributed by atoms with Crippen LogP contribution in [-0.4, -0.2) is 54.3 Å². The van der Waals surface area contributed by atoms with E-state index in [-0.39, 0.29) is 13.2 Å². The minimum atomic E-state index is -0.852. The molecule has 8 heteroatoms. The van der Waals surface area contributed by atoms with Crippen molar-refractivity contribution < 1.29 is 23.9 Å². The van der Waals surface area contributed by atoms with E-state index < -0.39 is 29.7 Å². The molecule has 0 spiro atoms. The van der Waals surface area contributed by atoms with E-state index in [1.807, 2.05) is 30.3 Å². The van der Waals surface area contributed by atoms with Gasteiger partial charge in [0.2, 0.25) is 0 Å². The van der Waals surface area contributed by atoms with Crippen molar-refractivity contribution in [1.82, 2.24) is 15.5 Å². The van der Waals surface area contributed by atoms with Gasteiger partial charge in [0, 0.05) is 6.54 Å². The second-order valence-electron chi connectivity index (χ2n) is 9.04. The quantitative estimate of drug-likeness (QED) is 0.727. The molecule has 0 aromatic heterocycles. The Morgan fingerprint density at radius 1 is 1.06 bits per heavy atom. The molecule has 3 amide bonds. The number of carbonyl (C=O) groups excluding carboxylic acids is 3. The van der Waals surface area contributed by atoms with Gasteiger partial charge in [-0.2, -0.15) is 0 Å². The molecule has 1 atom stereocenters. The molecule has 2 N–H and O–H groups in total. The van der Waals surface area contributed by atoms with Gasteiger partial charge in [-0.25, -0.2) is 14.5 Å². The summed E-state index contributed by atoms with van der Waals surface area (Å²) >= 11 is 0. The second kappa shape index (κ2) is 13.1. The minimum Gasteiger partial charge on any atom is -0.444 e. The molecule has 2 rings (SSSR count). The summed E-state index contributed by atoms with van der Waals surface area (Å²) in [7, 11) is 0. The number of benzene rings is 1. The van der Waals surface area contributed by atoms with Gasteiger partial charge in [-0.1, -0.05) is 36.8 Å². The molecule has 1 aliphatic heterocycles. The Bertz CT molecular complexity index is 733. The SMILES string of the molecule is CC(C)(C)OC(=O)N[C@H]1CCCCNCCCCCN(C(=O)OCc2ccccc2)C1=O. The van der Waals surface area contributed by atoms with Crippen LogP contribution in [-0.2, 0) is 20.9 Å². The first-order valence-corrected chi connectivity index (χ1v) is 11.5. The van der Waals surface area contributed by atoms with Crippen LogP contribution >= 0.6 is 0 Å². The zero-order chi connectivity index (χ0) is 23.4. The third kappa shape index (κ3) is 9.68. The number of nitrogens with one attached hydrogen (secondary N) is 2. The van der Waals surface area contributed by atoms with Crippen LogP contribution in [0.4, 0.5) is 9.59 Å². The first-order valence-electron chi connectivity index (χ1n) is 11.5. The van der Waals surface area contributed by atoms with Crippen LogP contribution in [0.5, 0.6) is 0 Å². The lowest BCUT2D eigenvalue weighted by Gasteiger charge is -2.27. The summed E-state index contributed by atoms with van der Waals surface area (Å²) in [6, 6.07) is 8.47. The number of carbonyl (C=O) groups is 3. The molecule has 178 valence electrons. The van der Waals surface area contributed by atoms with E-state index in [0.29, 0.717) is 12.8 Å². The zero-order valence-electron chi connectivity index (χ0n) is 19.5. The van der Waals surface area contributed by atoms with Crippen LogP contribution in [0.2, 0.25) is 0 Å². The highest BCUT2D eigenvalue weighted by atomic mass is 16.6. The zero-order valence-corrected chi connectivity index (χ0v) is 19.5. The first-order chi connectivity index (χ1) is 15.3. The van der Waals surface area contributed by atoms with Crippen molar-refractivity contribution in [3.8, 4) is 0 Å². The summed E-state index contributed by atoms with van der Waals surface area (Å²) in [5.41, 5.74) is 0.155. The highest BCUT2D eigenvalue weighted by Crippen LogP contribution is 2.13. The second-order valence-corrected chi connectivity index (χ2v) is 9.04. The Labute approximate surface area is 191 Å². The number of hydrogen-bond acceptors (Lipinski definition) is 6. The molecule has 0 unspecified atom stereocenters. The van der Waals surface area contributed by atoms with Crippen LogP contribution in [0.25, 0.3) is 0 Å². The lowest BCUT2D eigenvalue weighted by atomic mass is 10.1. The smallest absolute Gasteiger partial charge is 0.416 e. The summed E-state index contributed by atoms with van der Waals surface area (Å²) in [6.45, 7) is 7.38. The van der Waals surface area contributed by atoms with E-state index in [1.165, 1.54) is 0 Å². The maximum atomic E-state index is 13.3. The molecule has 1 saturated heterocycles. The molecule has 1 heterocycles. The third-order valence-electron chi connectivity index (χ3n) is 5.01. The van der Waals surface area contributed by atoms with Gasteiger partial charge in [-0.15, -0.1) is 0 Å². The average molecular weight is 448 g/mol. The van der Waals surface area contributed by atoms with Crippen molar-refractivity contribution >= 4 is 18.1 Å². The molecule has 0 saturated carbocycles. The Morgan fingerprint density at radius 2 is 1.75 bits per heavy atom. The predicted molar refractivity (Wildman–Crippen MR) is 122 cm³/mol. The van der Waals surface area contributed by atoms with Crippen molar-refractivity contribution in [2.24, 2.45) is 0 Å². The molecule has 0 aliphatic carbocycles. The van der Waals surface area contributed by atoms with Gasteiger partial charge in [0.25, 0.3) is 5.91 Å². The average Bonchev–Trinajstić information content (AvgIpc) is 2.75. The molecule has 32 heavy (non-hydrogen) atoms. The molecule has 0 radical (unpaired) electrons. The van der Waals surface area contributed by atoms with Crippen molar-refractivity contribution in [3.05, 3.63) is 35.9 Å².